The Morgan fingerprint density at radius 3 is 2.83 bits per heavy atom. The predicted molar refractivity (Wildman–Crippen MR) is 110 cm³/mol. The Balaban J connectivity index is 1.56. The molecule has 0 unspecified atom stereocenters. The summed E-state index contributed by atoms with van der Waals surface area (Å²) in [6, 6.07) is 13.8. The molecule has 0 aromatic heterocycles. The van der Waals surface area contributed by atoms with E-state index in [9.17, 15) is 14.0 Å². The summed E-state index contributed by atoms with van der Waals surface area (Å²) in [5.41, 5.74) is 1.13. The highest BCUT2D eigenvalue weighted by Gasteiger charge is 2.30. The van der Waals surface area contributed by atoms with E-state index < -0.39 is 0 Å². The Labute approximate surface area is 172 Å². The van der Waals surface area contributed by atoms with E-state index in [1.807, 2.05) is 24.3 Å². The van der Waals surface area contributed by atoms with Crippen molar-refractivity contribution >= 4 is 29.3 Å². The SMILES string of the molecule is O=C(/C=C1\Sc2ccccc2N(Cc2ccccc2F)C1=O)NC[C@@H]1CCCO1. The number of benzene rings is 2. The van der Waals surface area contributed by atoms with Gasteiger partial charge < -0.3 is 15.0 Å². The van der Waals surface area contributed by atoms with Gasteiger partial charge in [-0.05, 0) is 31.0 Å². The first-order valence-corrected chi connectivity index (χ1v) is 10.4. The van der Waals surface area contributed by atoms with Crippen LogP contribution < -0.4 is 10.2 Å². The van der Waals surface area contributed by atoms with Crippen molar-refractivity contribution in [3.8, 4) is 0 Å². The maximum absolute atomic E-state index is 14.2. The zero-order valence-electron chi connectivity index (χ0n) is 15.8. The lowest BCUT2D eigenvalue weighted by Gasteiger charge is -2.30. The molecule has 1 atom stereocenters. The average Bonchev–Trinajstić information content (AvgIpc) is 3.24. The third-order valence-electron chi connectivity index (χ3n) is 4.91. The molecule has 29 heavy (non-hydrogen) atoms. The first-order chi connectivity index (χ1) is 14.1. The summed E-state index contributed by atoms with van der Waals surface area (Å²) >= 11 is 1.25. The van der Waals surface area contributed by atoms with Crippen LogP contribution in [-0.4, -0.2) is 31.1 Å². The smallest absolute Gasteiger partial charge is 0.265 e. The first kappa shape index (κ1) is 19.7. The van der Waals surface area contributed by atoms with Crippen molar-refractivity contribution in [3.63, 3.8) is 0 Å². The highest BCUT2D eigenvalue weighted by Crippen LogP contribution is 2.41. The second-order valence-corrected chi connectivity index (χ2v) is 8.03. The number of thioether (sulfide) groups is 1. The molecule has 4 rings (SSSR count). The van der Waals surface area contributed by atoms with Crippen molar-refractivity contribution in [3.05, 3.63) is 70.9 Å². The number of amides is 2. The van der Waals surface area contributed by atoms with Gasteiger partial charge in [0.1, 0.15) is 5.82 Å². The molecule has 0 spiro atoms. The third-order valence-corrected chi connectivity index (χ3v) is 5.99. The largest absolute Gasteiger partial charge is 0.376 e. The number of para-hydroxylation sites is 1. The lowest BCUT2D eigenvalue weighted by Crippen LogP contribution is -2.35. The van der Waals surface area contributed by atoms with Gasteiger partial charge in [-0.3, -0.25) is 9.59 Å². The highest BCUT2D eigenvalue weighted by atomic mass is 32.2. The molecular formula is C22H21FN2O3S. The number of nitrogens with one attached hydrogen (secondary N) is 1. The van der Waals surface area contributed by atoms with Gasteiger partial charge in [0.2, 0.25) is 5.91 Å². The van der Waals surface area contributed by atoms with Gasteiger partial charge in [0.15, 0.2) is 0 Å². The molecule has 1 fully saturated rings. The van der Waals surface area contributed by atoms with Crippen LogP contribution in [0.3, 0.4) is 0 Å². The van der Waals surface area contributed by atoms with Crippen LogP contribution in [0.25, 0.3) is 0 Å². The van der Waals surface area contributed by atoms with E-state index in [-0.39, 0.29) is 30.3 Å². The number of carbonyl (C=O) groups is 2. The first-order valence-electron chi connectivity index (χ1n) is 9.55. The molecule has 1 saturated heterocycles. The summed E-state index contributed by atoms with van der Waals surface area (Å²) < 4.78 is 19.7. The molecule has 2 heterocycles. The molecule has 0 saturated carbocycles. The van der Waals surface area contributed by atoms with Crippen LogP contribution in [0.1, 0.15) is 18.4 Å². The molecule has 2 amide bonds. The van der Waals surface area contributed by atoms with Crippen LogP contribution >= 0.6 is 11.8 Å². The van der Waals surface area contributed by atoms with Gasteiger partial charge in [-0.2, -0.15) is 0 Å². The van der Waals surface area contributed by atoms with Crippen LogP contribution in [-0.2, 0) is 20.9 Å². The minimum absolute atomic E-state index is 0.0327. The van der Waals surface area contributed by atoms with Crippen LogP contribution in [0.4, 0.5) is 10.1 Å². The van der Waals surface area contributed by atoms with Crippen molar-refractivity contribution in [2.24, 2.45) is 0 Å². The molecule has 0 aliphatic carbocycles. The van der Waals surface area contributed by atoms with E-state index in [4.69, 9.17) is 4.74 Å². The minimum Gasteiger partial charge on any atom is -0.376 e. The quantitative estimate of drug-likeness (QED) is 0.762. The summed E-state index contributed by atoms with van der Waals surface area (Å²) in [4.78, 5) is 28.1. The fourth-order valence-electron chi connectivity index (χ4n) is 3.41. The molecule has 5 nitrogen and oxygen atoms in total. The summed E-state index contributed by atoms with van der Waals surface area (Å²) in [7, 11) is 0. The Bertz CT molecular complexity index is 957. The van der Waals surface area contributed by atoms with Gasteiger partial charge in [-0.25, -0.2) is 4.39 Å². The van der Waals surface area contributed by atoms with E-state index in [0.29, 0.717) is 22.7 Å². The minimum atomic E-state index is -0.365. The fourth-order valence-corrected chi connectivity index (χ4v) is 4.44. The molecule has 2 aliphatic rings. The molecular weight excluding hydrogens is 391 g/mol. The highest BCUT2D eigenvalue weighted by molar-refractivity contribution is 8.04. The molecule has 2 aromatic carbocycles. The summed E-state index contributed by atoms with van der Waals surface area (Å²) in [6.07, 6.45) is 3.28. The van der Waals surface area contributed by atoms with Crippen molar-refractivity contribution in [2.75, 3.05) is 18.1 Å². The molecule has 1 N–H and O–H groups in total. The number of ether oxygens (including phenoxy) is 1. The monoisotopic (exact) mass is 412 g/mol. The summed E-state index contributed by atoms with van der Waals surface area (Å²) in [6.45, 7) is 1.24. The number of halogens is 1. The fraction of sp³-hybridized carbons (Fsp3) is 0.273. The second kappa shape index (κ2) is 8.80. The lowest BCUT2D eigenvalue weighted by molar-refractivity contribution is -0.118. The van der Waals surface area contributed by atoms with Crippen LogP contribution in [0.15, 0.2) is 64.4 Å². The Hall–Kier alpha value is -2.64. The zero-order chi connectivity index (χ0) is 20.2. The summed E-state index contributed by atoms with van der Waals surface area (Å²) in [5.74, 6) is -1.01. The Morgan fingerprint density at radius 1 is 1.24 bits per heavy atom. The van der Waals surface area contributed by atoms with Crippen molar-refractivity contribution in [2.45, 2.75) is 30.4 Å². The van der Waals surface area contributed by atoms with Gasteiger partial charge in [-0.15, -0.1) is 0 Å². The standard InChI is InChI=1S/C22H21FN2O3S/c23-17-8-2-1-6-15(17)14-25-18-9-3-4-10-19(18)29-20(22(25)27)12-21(26)24-13-16-7-5-11-28-16/h1-4,6,8-10,12,16H,5,7,11,13-14H2,(H,24,26)/b20-12-/t16-/m0/s1. The van der Waals surface area contributed by atoms with E-state index in [1.165, 1.54) is 28.8 Å². The van der Waals surface area contributed by atoms with Gasteiger partial charge in [-0.1, -0.05) is 42.1 Å². The number of carbonyl (C=O) groups excluding carboxylic acids is 2. The van der Waals surface area contributed by atoms with Crippen molar-refractivity contribution in [1.29, 1.82) is 0 Å². The average molecular weight is 412 g/mol. The van der Waals surface area contributed by atoms with Crippen molar-refractivity contribution < 1.29 is 18.7 Å². The van der Waals surface area contributed by atoms with E-state index >= 15 is 0 Å². The molecule has 0 bridgehead atoms. The number of hydrogen-bond donors (Lipinski definition) is 1. The van der Waals surface area contributed by atoms with Crippen LogP contribution in [0.2, 0.25) is 0 Å². The molecule has 2 aromatic rings. The van der Waals surface area contributed by atoms with Crippen LogP contribution in [0, 0.1) is 5.82 Å². The van der Waals surface area contributed by atoms with E-state index in [2.05, 4.69) is 5.32 Å². The van der Waals surface area contributed by atoms with E-state index in [0.717, 1.165) is 24.3 Å². The second-order valence-electron chi connectivity index (χ2n) is 6.94. The van der Waals surface area contributed by atoms with Crippen LogP contribution in [0.5, 0.6) is 0 Å². The Kier molecular flexibility index (Phi) is 5.97. The number of fused-ring (bicyclic) bond motifs is 1. The molecule has 2 aliphatic heterocycles. The summed E-state index contributed by atoms with van der Waals surface area (Å²) in [5, 5.41) is 2.81. The number of nitrogens with zero attached hydrogens (tertiary/aromatic N) is 1. The van der Waals surface area contributed by atoms with Gasteiger partial charge in [0, 0.05) is 29.7 Å². The maximum Gasteiger partial charge on any atom is 0.265 e. The number of anilines is 1. The van der Waals surface area contributed by atoms with E-state index in [1.54, 1.807) is 18.2 Å². The van der Waals surface area contributed by atoms with Crippen molar-refractivity contribution in [1.82, 2.24) is 5.32 Å². The zero-order valence-corrected chi connectivity index (χ0v) is 16.6. The topological polar surface area (TPSA) is 58.6 Å². The Morgan fingerprint density at radius 2 is 2.03 bits per heavy atom. The predicted octanol–water partition coefficient (Wildman–Crippen LogP) is 3.64. The maximum atomic E-state index is 14.2. The van der Waals surface area contributed by atoms with Gasteiger partial charge >= 0.3 is 0 Å². The molecule has 150 valence electrons. The normalized spacial score (nSPS) is 20.0. The number of rotatable bonds is 5. The molecule has 7 heteroatoms. The van der Waals surface area contributed by atoms with Gasteiger partial charge in [0.25, 0.3) is 5.91 Å². The third kappa shape index (κ3) is 4.52. The lowest BCUT2D eigenvalue weighted by atomic mass is 10.1. The molecule has 0 radical (unpaired) electrons. The number of hydrogen-bond acceptors (Lipinski definition) is 4. The van der Waals surface area contributed by atoms with Gasteiger partial charge in [0.05, 0.1) is 23.2 Å².